The van der Waals surface area contributed by atoms with Crippen LogP contribution in [0.1, 0.15) is 256 Å². The molecule has 0 aromatic heterocycles. The third-order valence-corrected chi connectivity index (χ3v) is 21.0. The van der Waals surface area contributed by atoms with E-state index in [1.807, 2.05) is 121 Å². The summed E-state index contributed by atoms with van der Waals surface area (Å²) < 4.78 is 30.9. The Bertz CT molecular complexity index is 4650. The number of hydrogen-bond acceptors (Lipinski definition) is 8. The maximum absolute atomic E-state index is 16.8. The fraction of sp³-hybridized carbons (Fsp3) is 0.333. The number of nitrogens with zero attached hydrogens (tertiary/aromatic N) is 2. The molecule has 0 saturated carbocycles. The van der Waals surface area contributed by atoms with E-state index in [2.05, 4.69) is 106 Å². The molecule has 0 unspecified atom stereocenters. The van der Waals surface area contributed by atoms with Crippen LogP contribution < -0.4 is 28.7 Å². The van der Waals surface area contributed by atoms with Crippen molar-refractivity contribution in [2.45, 2.75) is 196 Å². The molecule has 10 nitrogen and oxygen atoms in total. The molecule has 10 heteroatoms. The molecule has 4 heterocycles. The summed E-state index contributed by atoms with van der Waals surface area (Å²) in [5, 5.41) is 3.89. The average molecular weight is 1330 g/mol. The lowest BCUT2D eigenvalue weighted by Crippen LogP contribution is -2.42. The van der Waals surface area contributed by atoms with Crippen LogP contribution in [0, 0.1) is 0 Å². The Morgan fingerprint density at radius 2 is 0.680 bits per heavy atom. The second-order valence-corrected chi connectivity index (χ2v) is 29.1. The van der Waals surface area contributed by atoms with Gasteiger partial charge in [0.1, 0.15) is 46.0 Å². The van der Waals surface area contributed by atoms with Gasteiger partial charge in [-0.15, -0.1) is 0 Å². The number of ether oxygens (including phenoxy) is 4. The molecule has 0 spiro atoms. The highest BCUT2D eigenvalue weighted by Crippen LogP contribution is 2.59. The Morgan fingerprint density at radius 3 is 1.05 bits per heavy atom. The van der Waals surface area contributed by atoms with E-state index < -0.39 is 23.6 Å². The summed E-state index contributed by atoms with van der Waals surface area (Å²) in [5.41, 5.74) is 9.64. The maximum Gasteiger partial charge on any atom is 0.266 e. The molecule has 510 valence electrons. The van der Waals surface area contributed by atoms with Gasteiger partial charge in [-0.05, 0) is 168 Å². The lowest BCUT2D eigenvalue weighted by Gasteiger charge is -2.35. The number of anilines is 2. The molecular formula is C90H92N2O8. The van der Waals surface area contributed by atoms with E-state index in [1.165, 1.54) is 9.80 Å². The first-order valence-corrected chi connectivity index (χ1v) is 37.0. The van der Waals surface area contributed by atoms with E-state index in [0.29, 0.717) is 100 Å². The molecule has 4 aliphatic heterocycles. The summed E-state index contributed by atoms with van der Waals surface area (Å²) in [6.07, 6.45) is 15.0. The molecule has 4 amide bonds. The van der Waals surface area contributed by atoms with Crippen LogP contribution in [0.4, 0.5) is 11.4 Å². The standard InChI is InChI=1S/C90H92N2O8/c1-11-13-19-33-57-37-23-27-45-69(57)97-73-49-65-77-67(89(95)91(87(65)93)85-61(53(3)4)41-31-42-62(85)54(5)6)52-76-82-80-74(98-70-46-28-24-38-58(70)34-20-14-12-2)50-66-78-68(90(96)92(88(66)94)86-63(55(7)8)43-32-44-64(86)56(9)10)51-75(81(84(78)80)79(73)83(77)82)99-71-47-29-25-39-59(71)35-21-17-15-16-18-22-36-60-40-26-30-48-72(60)100-76/h23-32,37-56H,11-22,33-36H2,1-10H3. The molecule has 6 bridgehead atoms. The highest BCUT2D eigenvalue weighted by molar-refractivity contribution is 6.48. The average Bonchev–Trinajstić information content (AvgIpc) is 0.670. The minimum absolute atomic E-state index is 0.0658. The Morgan fingerprint density at radius 1 is 0.340 bits per heavy atom. The van der Waals surface area contributed by atoms with Crippen molar-refractivity contribution in [2.24, 2.45) is 0 Å². The van der Waals surface area contributed by atoms with Crippen LogP contribution >= 0.6 is 0 Å². The van der Waals surface area contributed by atoms with Crippen molar-refractivity contribution >= 4 is 78.1 Å². The number of para-hydroxylation sites is 6. The molecule has 0 N–H and O–H groups in total. The van der Waals surface area contributed by atoms with E-state index in [1.54, 1.807) is 0 Å². The SMILES string of the molecule is CCCCCc1ccccc1Oc1cc2c3c(cc4c5c6c(Oc7ccccc7CCCCC)cc7c8c(cc(c(c1c35)c86)Oc1ccccc1CCCCCCCCc1ccccc1O4)C(=O)N(c1c(C(C)C)cccc1C(C)C)C7=O)C(=O)N(c1c(C(C)C)cccc1C(C)C)C2=O. The molecule has 0 saturated heterocycles. The highest BCUT2D eigenvalue weighted by Gasteiger charge is 2.44. The van der Waals surface area contributed by atoms with Gasteiger partial charge in [0.2, 0.25) is 0 Å². The van der Waals surface area contributed by atoms with E-state index in [4.69, 9.17) is 18.9 Å². The number of aryl methyl sites for hydroxylation is 4. The van der Waals surface area contributed by atoms with Crippen LogP contribution in [-0.4, -0.2) is 23.6 Å². The quantitative estimate of drug-likeness (QED) is 0.0361. The predicted molar refractivity (Wildman–Crippen MR) is 407 cm³/mol. The Kier molecular flexibility index (Phi) is 19.2. The molecule has 0 fully saturated rings. The van der Waals surface area contributed by atoms with Crippen molar-refractivity contribution in [3.63, 3.8) is 0 Å². The number of rotatable bonds is 18. The Balaban J connectivity index is 1.22. The van der Waals surface area contributed by atoms with Gasteiger partial charge in [-0.1, -0.05) is 230 Å². The second kappa shape index (κ2) is 28.4. The van der Waals surface area contributed by atoms with Crippen molar-refractivity contribution in [3.05, 3.63) is 224 Å². The molecule has 0 aliphatic carbocycles. The minimum atomic E-state index is -0.496. The fourth-order valence-corrected chi connectivity index (χ4v) is 16.0. The second-order valence-electron chi connectivity index (χ2n) is 29.1. The van der Waals surface area contributed by atoms with E-state index in [9.17, 15) is 0 Å². The number of carbonyl (C=O) groups is 4. The van der Waals surface area contributed by atoms with Crippen LogP contribution in [0.3, 0.4) is 0 Å². The van der Waals surface area contributed by atoms with Gasteiger partial charge in [0.05, 0.1) is 33.6 Å². The van der Waals surface area contributed by atoms with Crippen LogP contribution in [0.25, 0.3) is 43.1 Å². The van der Waals surface area contributed by atoms with Gasteiger partial charge < -0.3 is 18.9 Å². The molecule has 4 aliphatic rings. The summed E-state index contributed by atoms with van der Waals surface area (Å²) in [7, 11) is 0. The normalized spacial score (nSPS) is 14.5. The lowest BCUT2D eigenvalue weighted by atomic mass is 9.80. The van der Waals surface area contributed by atoms with Gasteiger partial charge in [-0.3, -0.25) is 19.2 Å². The van der Waals surface area contributed by atoms with Gasteiger partial charge in [0.25, 0.3) is 23.6 Å². The summed E-state index contributed by atoms with van der Waals surface area (Å²) in [6, 6.07) is 52.1. The van der Waals surface area contributed by atoms with E-state index >= 15 is 19.2 Å². The van der Waals surface area contributed by atoms with E-state index in [-0.39, 0.29) is 45.9 Å². The molecule has 0 atom stereocenters. The number of benzene rings is 11. The van der Waals surface area contributed by atoms with Crippen molar-refractivity contribution in [1.82, 2.24) is 0 Å². The number of unbranched alkanes of at least 4 members (excludes halogenated alkanes) is 4. The number of fused-ring (bicyclic) bond motifs is 7. The monoisotopic (exact) mass is 1330 g/mol. The maximum atomic E-state index is 16.8. The molecule has 0 radical (unpaired) electrons. The van der Waals surface area contributed by atoms with Crippen LogP contribution in [0.5, 0.6) is 46.0 Å². The van der Waals surface area contributed by atoms with Crippen molar-refractivity contribution < 1.29 is 38.1 Å². The van der Waals surface area contributed by atoms with Crippen molar-refractivity contribution in [3.8, 4) is 46.0 Å². The van der Waals surface area contributed by atoms with Gasteiger partial charge >= 0.3 is 0 Å². The summed E-state index contributed by atoms with van der Waals surface area (Å²) >= 11 is 0. The zero-order chi connectivity index (χ0) is 69.6. The van der Waals surface area contributed by atoms with E-state index in [0.717, 1.165) is 147 Å². The Labute approximate surface area is 588 Å². The van der Waals surface area contributed by atoms with Crippen molar-refractivity contribution in [1.29, 1.82) is 0 Å². The summed E-state index contributed by atoms with van der Waals surface area (Å²) in [4.78, 5) is 69.9. The lowest BCUT2D eigenvalue weighted by molar-refractivity contribution is 0.0877. The number of imide groups is 2. The van der Waals surface area contributed by atoms with Gasteiger partial charge in [-0.25, -0.2) is 9.80 Å². The number of hydrogen-bond donors (Lipinski definition) is 0. The number of amides is 4. The van der Waals surface area contributed by atoms with Crippen LogP contribution in [0.15, 0.2) is 158 Å². The molecule has 15 rings (SSSR count). The largest absolute Gasteiger partial charge is 0.456 e. The van der Waals surface area contributed by atoms with Gasteiger partial charge in [-0.2, -0.15) is 0 Å². The predicted octanol–water partition coefficient (Wildman–Crippen LogP) is 24.9. The topological polar surface area (TPSA) is 112 Å². The minimum Gasteiger partial charge on any atom is -0.456 e. The first kappa shape index (κ1) is 67.4. The van der Waals surface area contributed by atoms with Gasteiger partial charge in [0, 0.05) is 43.1 Å². The molecule has 100 heavy (non-hydrogen) atoms. The Hall–Kier alpha value is -9.80. The molecule has 11 aromatic carbocycles. The van der Waals surface area contributed by atoms with Gasteiger partial charge in [0.15, 0.2) is 0 Å². The molecule has 11 aromatic rings. The van der Waals surface area contributed by atoms with Crippen LogP contribution in [-0.2, 0) is 25.7 Å². The zero-order valence-electron chi connectivity index (χ0n) is 59.8. The van der Waals surface area contributed by atoms with Crippen molar-refractivity contribution in [2.75, 3.05) is 9.80 Å². The third-order valence-electron chi connectivity index (χ3n) is 21.0. The summed E-state index contributed by atoms with van der Waals surface area (Å²) in [5.74, 6) is 1.46. The third kappa shape index (κ3) is 12.1. The zero-order valence-corrected chi connectivity index (χ0v) is 59.8. The first-order valence-electron chi connectivity index (χ1n) is 37.0. The van der Waals surface area contributed by atoms with Crippen LogP contribution in [0.2, 0.25) is 0 Å². The first-order chi connectivity index (χ1) is 48.6. The molecular weight excluding hydrogens is 1240 g/mol. The fourth-order valence-electron chi connectivity index (χ4n) is 16.0. The highest BCUT2D eigenvalue weighted by atomic mass is 16.5. The number of carbonyl (C=O) groups excluding carboxylic acids is 4. The summed E-state index contributed by atoms with van der Waals surface area (Å²) in [6.45, 7) is 21.2. The smallest absolute Gasteiger partial charge is 0.266 e.